The molecule has 1 saturated heterocycles. The number of hydrogen-bond donors (Lipinski definition) is 0. The van der Waals surface area contributed by atoms with Crippen molar-refractivity contribution in [2.75, 3.05) is 17.2 Å². The van der Waals surface area contributed by atoms with E-state index in [0.717, 1.165) is 4.90 Å². The largest absolute Gasteiger partial charge is 0.433 e. The molecular weight excluding hydrogens is 370 g/mol. The van der Waals surface area contributed by atoms with Crippen LogP contribution in [-0.4, -0.2) is 36.6 Å². The van der Waals surface area contributed by atoms with Gasteiger partial charge in [-0.1, -0.05) is 11.6 Å². The van der Waals surface area contributed by atoms with Crippen LogP contribution in [-0.2, 0) is 20.0 Å². The molecule has 1 aliphatic rings. The highest BCUT2D eigenvalue weighted by Gasteiger charge is 2.38. The van der Waals surface area contributed by atoms with Gasteiger partial charge >= 0.3 is 6.18 Å². The van der Waals surface area contributed by atoms with E-state index < -0.39 is 49.6 Å². The third-order valence-electron chi connectivity index (χ3n) is 2.85. The fourth-order valence-corrected chi connectivity index (χ4v) is 3.54. The van der Waals surface area contributed by atoms with Crippen LogP contribution in [0.15, 0.2) is 6.07 Å². The highest BCUT2D eigenvalue weighted by Crippen LogP contribution is 2.32. The highest BCUT2D eigenvalue weighted by atomic mass is 35.7. The summed E-state index contributed by atoms with van der Waals surface area (Å²) in [7, 11) is 1.28. The van der Waals surface area contributed by atoms with Crippen LogP contribution in [0, 0.1) is 5.92 Å². The summed E-state index contributed by atoms with van der Waals surface area (Å²) < 4.78 is 60.1. The van der Waals surface area contributed by atoms with Gasteiger partial charge in [0.1, 0.15) is 5.15 Å². The van der Waals surface area contributed by atoms with Gasteiger partial charge in [0.15, 0.2) is 5.69 Å². The summed E-state index contributed by atoms with van der Waals surface area (Å²) in [5, 5.41) is -0.474. The molecule has 1 unspecified atom stereocenters. The van der Waals surface area contributed by atoms with Gasteiger partial charge in [0.25, 0.3) is 0 Å². The quantitative estimate of drug-likeness (QED) is 0.594. The number of amides is 1. The Morgan fingerprint density at radius 1 is 1.36 bits per heavy atom. The molecule has 0 saturated carbocycles. The number of nitrogens with zero attached hydrogens (tertiary/aromatic N) is 3. The monoisotopic (exact) mass is 377 g/mol. The summed E-state index contributed by atoms with van der Waals surface area (Å²) in [5.41, 5.74) is -1.29. The highest BCUT2D eigenvalue weighted by molar-refractivity contribution is 8.13. The number of carbonyl (C=O) groups is 1. The first-order valence-electron chi connectivity index (χ1n) is 5.80. The molecule has 6 nitrogen and oxygen atoms in total. The first-order valence-corrected chi connectivity index (χ1v) is 8.66. The molecule has 1 aromatic rings. The SMILES string of the molecule is O=C1CC(CS(=O)(=O)Cl)CN1c1nc(Cl)cc(C(F)(F)F)n1. The summed E-state index contributed by atoms with van der Waals surface area (Å²) in [5.74, 6) is -2.23. The van der Waals surface area contributed by atoms with Crippen LogP contribution in [0.3, 0.4) is 0 Å². The zero-order chi connectivity index (χ0) is 16.7. The lowest BCUT2D eigenvalue weighted by atomic mass is 10.1. The lowest BCUT2D eigenvalue weighted by Crippen LogP contribution is -2.28. The van der Waals surface area contributed by atoms with E-state index in [1.807, 2.05) is 0 Å². The number of hydrogen-bond acceptors (Lipinski definition) is 5. The second kappa shape index (κ2) is 5.82. The maximum Gasteiger partial charge on any atom is 0.433 e. The Kier molecular flexibility index (Phi) is 4.56. The lowest BCUT2D eigenvalue weighted by Gasteiger charge is -2.16. The number of carbonyl (C=O) groups excluding carboxylic acids is 1. The second-order valence-corrected chi connectivity index (χ2v) is 7.86. The first-order chi connectivity index (χ1) is 9.95. The summed E-state index contributed by atoms with van der Waals surface area (Å²) in [6.45, 7) is -0.150. The van der Waals surface area contributed by atoms with Crippen molar-refractivity contribution in [3.05, 3.63) is 16.9 Å². The van der Waals surface area contributed by atoms with Crippen LogP contribution in [0.2, 0.25) is 5.15 Å². The van der Waals surface area contributed by atoms with Crippen LogP contribution in [0.25, 0.3) is 0 Å². The molecule has 1 amide bonds. The molecule has 2 heterocycles. The van der Waals surface area contributed by atoms with Crippen molar-refractivity contribution in [1.29, 1.82) is 0 Å². The van der Waals surface area contributed by atoms with Crippen molar-refractivity contribution >= 4 is 43.2 Å². The molecule has 0 spiro atoms. The van der Waals surface area contributed by atoms with Gasteiger partial charge < -0.3 is 0 Å². The smallest absolute Gasteiger partial charge is 0.280 e. The number of anilines is 1. The zero-order valence-electron chi connectivity index (χ0n) is 10.6. The van der Waals surface area contributed by atoms with Crippen LogP contribution in [0.5, 0.6) is 0 Å². The molecule has 0 aliphatic carbocycles. The Labute approximate surface area is 132 Å². The number of aromatic nitrogens is 2. The topological polar surface area (TPSA) is 80.2 Å². The van der Waals surface area contributed by atoms with E-state index in [1.54, 1.807) is 0 Å². The predicted molar refractivity (Wildman–Crippen MR) is 72.1 cm³/mol. The van der Waals surface area contributed by atoms with E-state index >= 15 is 0 Å². The fraction of sp³-hybridized carbons (Fsp3) is 0.500. The Balaban J connectivity index is 2.29. The first kappa shape index (κ1) is 17.2. The minimum Gasteiger partial charge on any atom is -0.280 e. The van der Waals surface area contributed by atoms with E-state index in [9.17, 15) is 26.4 Å². The summed E-state index contributed by atoms with van der Waals surface area (Å²) in [4.78, 5) is 19.6. The van der Waals surface area contributed by atoms with Crippen molar-refractivity contribution in [1.82, 2.24) is 9.97 Å². The number of rotatable bonds is 3. The third kappa shape index (κ3) is 4.20. The Morgan fingerprint density at radius 2 is 2.00 bits per heavy atom. The average molecular weight is 378 g/mol. The van der Waals surface area contributed by atoms with Gasteiger partial charge in [0.05, 0.1) is 5.75 Å². The van der Waals surface area contributed by atoms with E-state index in [0.29, 0.717) is 6.07 Å². The molecule has 0 aromatic carbocycles. The average Bonchev–Trinajstić information content (AvgIpc) is 2.65. The van der Waals surface area contributed by atoms with Crippen molar-refractivity contribution in [2.24, 2.45) is 5.92 Å². The molecule has 0 bridgehead atoms. The minimum atomic E-state index is -4.75. The number of halogens is 5. The van der Waals surface area contributed by atoms with E-state index in [1.165, 1.54) is 0 Å². The Bertz CT molecular complexity index is 711. The molecule has 0 radical (unpaired) electrons. The summed E-state index contributed by atoms with van der Waals surface area (Å²) >= 11 is 5.52. The lowest BCUT2D eigenvalue weighted by molar-refractivity contribution is -0.141. The molecule has 2 rings (SSSR count). The summed E-state index contributed by atoms with van der Waals surface area (Å²) in [6, 6.07) is 0.534. The molecule has 12 heteroatoms. The van der Waals surface area contributed by atoms with Crippen molar-refractivity contribution < 1.29 is 26.4 Å². The maximum atomic E-state index is 12.7. The van der Waals surface area contributed by atoms with Gasteiger partial charge in [-0.25, -0.2) is 18.4 Å². The maximum absolute atomic E-state index is 12.7. The standard InChI is InChI=1S/C10H8Cl2F3N3O3S/c11-7-2-6(10(13,14)15)16-9(17-7)18-3-5(1-8(18)19)4-22(12,20)21/h2,5H,1,3-4H2. The van der Waals surface area contributed by atoms with Crippen molar-refractivity contribution in [2.45, 2.75) is 12.6 Å². The molecule has 22 heavy (non-hydrogen) atoms. The van der Waals surface area contributed by atoms with Crippen molar-refractivity contribution in [3.8, 4) is 0 Å². The van der Waals surface area contributed by atoms with Crippen LogP contribution in [0.4, 0.5) is 19.1 Å². The van der Waals surface area contributed by atoms with E-state index in [-0.39, 0.29) is 13.0 Å². The fourth-order valence-electron chi connectivity index (χ4n) is 2.04. The molecule has 122 valence electrons. The van der Waals surface area contributed by atoms with E-state index in [2.05, 4.69) is 9.97 Å². The zero-order valence-corrected chi connectivity index (χ0v) is 13.0. The van der Waals surface area contributed by atoms with Gasteiger partial charge in [-0.3, -0.25) is 9.69 Å². The second-order valence-electron chi connectivity index (χ2n) is 4.65. The molecule has 1 aromatic heterocycles. The van der Waals surface area contributed by atoms with Crippen LogP contribution in [0.1, 0.15) is 12.1 Å². The molecule has 1 aliphatic heterocycles. The van der Waals surface area contributed by atoms with Crippen LogP contribution < -0.4 is 4.90 Å². The summed E-state index contributed by atoms with van der Waals surface area (Å²) in [6.07, 6.45) is -4.92. The molecule has 1 fully saturated rings. The molecule has 0 N–H and O–H groups in total. The Hall–Kier alpha value is -1.13. The van der Waals surface area contributed by atoms with Crippen molar-refractivity contribution in [3.63, 3.8) is 0 Å². The van der Waals surface area contributed by atoms with Gasteiger partial charge in [-0.05, 0) is 0 Å². The number of alkyl halides is 3. The predicted octanol–water partition coefficient (Wildman–Crippen LogP) is 2.07. The van der Waals surface area contributed by atoms with Gasteiger partial charge in [0, 0.05) is 35.6 Å². The van der Waals surface area contributed by atoms with Gasteiger partial charge in [-0.15, -0.1) is 0 Å². The normalized spacial score (nSPS) is 19.8. The molecular formula is C10H8Cl2F3N3O3S. The third-order valence-corrected chi connectivity index (χ3v) is 4.30. The molecule has 1 atom stereocenters. The van der Waals surface area contributed by atoms with Gasteiger partial charge in [0.2, 0.25) is 20.9 Å². The Morgan fingerprint density at radius 3 is 2.55 bits per heavy atom. The van der Waals surface area contributed by atoms with Crippen LogP contribution >= 0.6 is 22.3 Å². The van der Waals surface area contributed by atoms with E-state index in [4.69, 9.17) is 22.3 Å². The van der Waals surface area contributed by atoms with Gasteiger partial charge in [-0.2, -0.15) is 13.2 Å². The minimum absolute atomic E-state index is 0.150.